The number of benzene rings is 2. The lowest BCUT2D eigenvalue weighted by Gasteiger charge is -2.20. The van der Waals surface area contributed by atoms with E-state index in [1.54, 1.807) is 0 Å². The van der Waals surface area contributed by atoms with Crippen LogP contribution in [0.15, 0.2) is 42.5 Å². The van der Waals surface area contributed by atoms with E-state index in [9.17, 15) is 4.79 Å². The van der Waals surface area contributed by atoms with Crippen molar-refractivity contribution in [3.8, 4) is 0 Å². The van der Waals surface area contributed by atoms with Crippen molar-refractivity contribution in [1.29, 1.82) is 0 Å². The predicted molar refractivity (Wildman–Crippen MR) is 89.0 cm³/mol. The molecule has 2 aromatic rings. The first kappa shape index (κ1) is 13.6. The average Bonchev–Trinajstić information content (AvgIpc) is 2.48. The third kappa shape index (κ3) is 2.86. The number of amides is 1. The Kier molecular flexibility index (Phi) is 4.03. The van der Waals surface area contributed by atoms with Crippen LogP contribution >= 0.6 is 22.6 Å². The average molecular weight is 378 g/mol. The van der Waals surface area contributed by atoms with E-state index >= 15 is 0 Å². The van der Waals surface area contributed by atoms with Crippen molar-refractivity contribution in [3.63, 3.8) is 0 Å². The van der Waals surface area contributed by atoms with E-state index < -0.39 is 0 Å². The zero-order valence-corrected chi connectivity index (χ0v) is 13.1. The Morgan fingerprint density at radius 2 is 1.95 bits per heavy atom. The molecule has 2 N–H and O–H groups in total. The van der Waals surface area contributed by atoms with Gasteiger partial charge in [-0.2, -0.15) is 0 Å². The lowest BCUT2D eigenvalue weighted by molar-refractivity contribution is 0.102. The van der Waals surface area contributed by atoms with E-state index in [1.807, 2.05) is 36.4 Å². The number of hydrogen-bond donors (Lipinski definition) is 2. The minimum absolute atomic E-state index is 0.0478. The van der Waals surface area contributed by atoms with Gasteiger partial charge in [0.05, 0.1) is 0 Å². The topological polar surface area (TPSA) is 41.1 Å². The summed E-state index contributed by atoms with van der Waals surface area (Å²) in [6.07, 6.45) is 0.957. The van der Waals surface area contributed by atoms with Crippen LogP contribution in [-0.4, -0.2) is 12.5 Å². The summed E-state index contributed by atoms with van der Waals surface area (Å²) in [7, 11) is 0. The highest BCUT2D eigenvalue weighted by Crippen LogP contribution is 2.23. The largest absolute Gasteiger partial charge is 0.322 e. The van der Waals surface area contributed by atoms with Crippen molar-refractivity contribution < 1.29 is 4.79 Å². The summed E-state index contributed by atoms with van der Waals surface area (Å²) in [6.45, 7) is 1.84. The van der Waals surface area contributed by atoms with Gasteiger partial charge < -0.3 is 10.6 Å². The van der Waals surface area contributed by atoms with Crippen molar-refractivity contribution in [3.05, 3.63) is 62.7 Å². The van der Waals surface area contributed by atoms with Crippen molar-refractivity contribution in [2.75, 3.05) is 11.9 Å². The Morgan fingerprint density at radius 1 is 1.15 bits per heavy atom. The van der Waals surface area contributed by atoms with Crippen molar-refractivity contribution >= 4 is 34.2 Å². The van der Waals surface area contributed by atoms with Crippen LogP contribution in [0.4, 0.5) is 5.69 Å². The molecule has 3 nitrogen and oxygen atoms in total. The van der Waals surface area contributed by atoms with Crippen LogP contribution in [0.5, 0.6) is 0 Å². The quantitative estimate of drug-likeness (QED) is 0.789. The molecule has 0 saturated carbocycles. The minimum atomic E-state index is -0.0478. The van der Waals surface area contributed by atoms with Crippen molar-refractivity contribution in [2.24, 2.45) is 0 Å². The highest BCUT2D eigenvalue weighted by atomic mass is 127. The van der Waals surface area contributed by atoms with Gasteiger partial charge in [0, 0.05) is 21.4 Å². The highest BCUT2D eigenvalue weighted by Gasteiger charge is 2.14. The fourth-order valence-electron chi connectivity index (χ4n) is 2.44. The molecular formula is C16H15IN2O. The summed E-state index contributed by atoms with van der Waals surface area (Å²) in [6, 6.07) is 13.7. The Bertz CT molecular complexity index is 637. The smallest absolute Gasteiger partial charge is 0.255 e. The third-order valence-electron chi connectivity index (χ3n) is 3.49. The molecule has 2 aromatic carbocycles. The van der Waals surface area contributed by atoms with E-state index in [0.29, 0.717) is 5.56 Å². The predicted octanol–water partition coefficient (Wildman–Crippen LogP) is 3.19. The van der Waals surface area contributed by atoms with Crippen LogP contribution in [0.2, 0.25) is 0 Å². The number of carbonyl (C=O) groups excluding carboxylic acids is 1. The van der Waals surface area contributed by atoms with Crippen LogP contribution in [0.25, 0.3) is 0 Å². The fourth-order valence-corrected chi connectivity index (χ4v) is 2.80. The fraction of sp³-hybridized carbons (Fsp3) is 0.188. The molecule has 0 atom stereocenters. The molecule has 0 fully saturated rings. The molecule has 102 valence electrons. The second-order valence-corrected chi connectivity index (χ2v) is 6.08. The molecular weight excluding hydrogens is 363 g/mol. The first-order valence-electron chi connectivity index (χ1n) is 6.62. The van der Waals surface area contributed by atoms with Crippen LogP contribution in [0, 0.1) is 3.57 Å². The van der Waals surface area contributed by atoms with Crippen molar-refractivity contribution in [2.45, 2.75) is 13.0 Å². The molecule has 0 saturated heterocycles. The molecule has 4 heteroatoms. The second-order valence-electron chi connectivity index (χ2n) is 4.83. The summed E-state index contributed by atoms with van der Waals surface area (Å²) >= 11 is 2.23. The van der Waals surface area contributed by atoms with E-state index in [-0.39, 0.29) is 5.91 Å². The van der Waals surface area contributed by atoms with Gasteiger partial charge in [-0.05, 0) is 77.0 Å². The Labute approximate surface area is 131 Å². The summed E-state index contributed by atoms with van der Waals surface area (Å²) in [5, 5.41) is 6.38. The molecule has 0 bridgehead atoms. The molecule has 1 aliphatic rings. The van der Waals surface area contributed by atoms with E-state index in [4.69, 9.17) is 0 Å². The van der Waals surface area contributed by atoms with Gasteiger partial charge in [-0.15, -0.1) is 0 Å². The van der Waals surface area contributed by atoms with Crippen molar-refractivity contribution in [1.82, 2.24) is 5.32 Å². The minimum Gasteiger partial charge on any atom is -0.322 e. The van der Waals surface area contributed by atoms with Gasteiger partial charge in [-0.25, -0.2) is 0 Å². The molecule has 20 heavy (non-hydrogen) atoms. The highest BCUT2D eigenvalue weighted by molar-refractivity contribution is 14.1. The zero-order valence-electron chi connectivity index (χ0n) is 10.9. The Morgan fingerprint density at radius 3 is 2.75 bits per heavy atom. The van der Waals surface area contributed by atoms with Gasteiger partial charge in [0.25, 0.3) is 5.91 Å². The Balaban J connectivity index is 1.84. The number of halogens is 1. The standard InChI is InChI=1S/C16H15IN2O/c17-13-6-4-11(5-7-13)16(20)19-15-3-1-2-12-10-18-9-8-14(12)15/h1-7,18H,8-10H2,(H,19,20). The molecule has 3 rings (SSSR count). The summed E-state index contributed by atoms with van der Waals surface area (Å²) in [4.78, 5) is 12.3. The number of nitrogens with one attached hydrogen (secondary N) is 2. The molecule has 0 aliphatic carbocycles. The van der Waals surface area contributed by atoms with Gasteiger partial charge >= 0.3 is 0 Å². The van der Waals surface area contributed by atoms with Gasteiger partial charge in [0.2, 0.25) is 0 Å². The molecule has 0 spiro atoms. The summed E-state index contributed by atoms with van der Waals surface area (Å²) in [5.74, 6) is -0.0478. The van der Waals surface area contributed by atoms with Gasteiger partial charge in [0.15, 0.2) is 0 Å². The molecule has 1 amide bonds. The summed E-state index contributed by atoms with van der Waals surface area (Å²) in [5.41, 5.74) is 4.16. The van der Waals surface area contributed by atoms with E-state index in [2.05, 4.69) is 39.3 Å². The number of anilines is 1. The maximum absolute atomic E-state index is 12.3. The first-order valence-corrected chi connectivity index (χ1v) is 7.70. The SMILES string of the molecule is O=C(Nc1cccc2c1CCNC2)c1ccc(I)cc1. The normalized spacial score (nSPS) is 13.7. The lowest BCUT2D eigenvalue weighted by atomic mass is 9.99. The second kappa shape index (κ2) is 5.93. The monoisotopic (exact) mass is 378 g/mol. The molecule has 0 unspecified atom stereocenters. The third-order valence-corrected chi connectivity index (χ3v) is 4.21. The lowest BCUT2D eigenvalue weighted by Crippen LogP contribution is -2.25. The number of rotatable bonds is 2. The van der Waals surface area contributed by atoms with Crippen LogP contribution in [0.3, 0.4) is 0 Å². The van der Waals surface area contributed by atoms with Crippen LogP contribution < -0.4 is 10.6 Å². The summed E-state index contributed by atoms with van der Waals surface area (Å²) < 4.78 is 1.13. The maximum atomic E-state index is 12.3. The van der Waals surface area contributed by atoms with Crippen LogP contribution in [-0.2, 0) is 13.0 Å². The molecule has 1 heterocycles. The molecule has 1 aliphatic heterocycles. The van der Waals surface area contributed by atoms with Gasteiger partial charge in [0.1, 0.15) is 0 Å². The van der Waals surface area contributed by atoms with Gasteiger partial charge in [-0.3, -0.25) is 4.79 Å². The van der Waals surface area contributed by atoms with E-state index in [1.165, 1.54) is 11.1 Å². The zero-order chi connectivity index (χ0) is 13.9. The maximum Gasteiger partial charge on any atom is 0.255 e. The first-order chi connectivity index (χ1) is 9.74. The molecule has 0 radical (unpaired) electrons. The Hall–Kier alpha value is -1.40. The number of fused-ring (bicyclic) bond motifs is 1. The van der Waals surface area contributed by atoms with Crippen LogP contribution in [0.1, 0.15) is 21.5 Å². The number of hydrogen-bond acceptors (Lipinski definition) is 2. The van der Waals surface area contributed by atoms with Gasteiger partial charge in [-0.1, -0.05) is 12.1 Å². The number of carbonyl (C=O) groups is 1. The molecule has 0 aromatic heterocycles. The van der Waals surface area contributed by atoms with E-state index in [0.717, 1.165) is 28.8 Å².